The van der Waals surface area contributed by atoms with Crippen molar-refractivity contribution in [1.29, 1.82) is 0 Å². The number of nitrogens with two attached hydrogens (primary N) is 1. The van der Waals surface area contributed by atoms with E-state index >= 15 is 0 Å². The number of anilines is 1. The van der Waals surface area contributed by atoms with Crippen LogP contribution in [0.25, 0.3) is 0 Å². The molecule has 0 aliphatic carbocycles. The number of carbonyl (C=O) groups excluding carboxylic acids is 2. The lowest BCUT2D eigenvalue weighted by Gasteiger charge is -2.05. The van der Waals surface area contributed by atoms with E-state index in [4.69, 9.17) is 10.6 Å². The second-order valence-electron chi connectivity index (χ2n) is 2.75. The standard InChI is InChI=1S/C9H12N4O3/c1-2-16-7-4-3-6(5-11-7)12-8(14)9(15)13-10/h3-5H,2,10H2,1H3,(H,12,14)(H,13,15). The number of carbonyl (C=O) groups is 2. The van der Waals surface area contributed by atoms with Gasteiger partial charge in [0.05, 0.1) is 18.5 Å². The molecule has 4 N–H and O–H groups in total. The number of hydrazine groups is 1. The summed E-state index contributed by atoms with van der Waals surface area (Å²) in [6.07, 6.45) is 1.38. The van der Waals surface area contributed by atoms with E-state index in [-0.39, 0.29) is 0 Å². The summed E-state index contributed by atoms with van der Waals surface area (Å²) >= 11 is 0. The Labute approximate surface area is 92.0 Å². The maximum Gasteiger partial charge on any atom is 0.323 e. The highest BCUT2D eigenvalue weighted by molar-refractivity contribution is 6.39. The monoisotopic (exact) mass is 224 g/mol. The predicted octanol–water partition coefficient (Wildman–Crippen LogP) is -0.591. The van der Waals surface area contributed by atoms with Gasteiger partial charge in [-0.15, -0.1) is 0 Å². The van der Waals surface area contributed by atoms with E-state index in [1.807, 2.05) is 6.92 Å². The number of pyridine rings is 1. The molecule has 0 atom stereocenters. The Morgan fingerprint density at radius 1 is 1.44 bits per heavy atom. The van der Waals surface area contributed by atoms with Gasteiger partial charge in [-0.25, -0.2) is 10.8 Å². The lowest BCUT2D eigenvalue weighted by molar-refractivity contribution is -0.136. The number of hydrogen-bond donors (Lipinski definition) is 3. The van der Waals surface area contributed by atoms with Crippen LogP contribution in [0.2, 0.25) is 0 Å². The quantitative estimate of drug-likeness (QED) is 0.275. The molecule has 7 nitrogen and oxygen atoms in total. The summed E-state index contributed by atoms with van der Waals surface area (Å²) in [5.74, 6) is 3.47. The molecule has 16 heavy (non-hydrogen) atoms. The first kappa shape index (κ1) is 11.9. The van der Waals surface area contributed by atoms with E-state index in [1.54, 1.807) is 17.6 Å². The van der Waals surface area contributed by atoms with Crippen molar-refractivity contribution >= 4 is 17.5 Å². The number of amides is 2. The van der Waals surface area contributed by atoms with Gasteiger partial charge in [0.25, 0.3) is 0 Å². The van der Waals surface area contributed by atoms with Gasteiger partial charge in [-0.1, -0.05) is 0 Å². The first-order valence-corrected chi connectivity index (χ1v) is 4.58. The molecule has 1 rings (SSSR count). The van der Waals surface area contributed by atoms with Gasteiger partial charge < -0.3 is 10.1 Å². The van der Waals surface area contributed by atoms with Crippen molar-refractivity contribution < 1.29 is 14.3 Å². The average molecular weight is 224 g/mol. The minimum absolute atomic E-state index is 0.386. The van der Waals surface area contributed by atoms with Crippen molar-refractivity contribution in [1.82, 2.24) is 10.4 Å². The normalized spacial score (nSPS) is 9.38. The zero-order chi connectivity index (χ0) is 12.0. The Morgan fingerprint density at radius 3 is 2.69 bits per heavy atom. The topological polar surface area (TPSA) is 106 Å². The number of nitrogens with zero attached hydrogens (tertiary/aromatic N) is 1. The summed E-state index contributed by atoms with van der Waals surface area (Å²) in [5.41, 5.74) is 2.11. The van der Waals surface area contributed by atoms with Crippen LogP contribution in [0.5, 0.6) is 5.88 Å². The molecule has 0 spiro atoms. The molecule has 1 aromatic heterocycles. The third kappa shape index (κ3) is 3.21. The van der Waals surface area contributed by atoms with Crippen LogP contribution in [-0.2, 0) is 9.59 Å². The zero-order valence-electron chi connectivity index (χ0n) is 8.69. The number of ether oxygens (including phenoxy) is 1. The molecule has 0 unspecified atom stereocenters. The van der Waals surface area contributed by atoms with Crippen LogP contribution >= 0.6 is 0 Å². The molecule has 2 amide bonds. The van der Waals surface area contributed by atoms with E-state index in [2.05, 4.69) is 10.3 Å². The second-order valence-corrected chi connectivity index (χ2v) is 2.75. The Kier molecular flexibility index (Phi) is 4.22. The Morgan fingerprint density at radius 2 is 2.19 bits per heavy atom. The van der Waals surface area contributed by atoms with Crippen LogP contribution in [0.3, 0.4) is 0 Å². The SMILES string of the molecule is CCOc1ccc(NC(=O)C(=O)NN)cn1. The van der Waals surface area contributed by atoms with Crippen molar-refractivity contribution in [3.63, 3.8) is 0 Å². The first-order chi connectivity index (χ1) is 7.67. The van der Waals surface area contributed by atoms with E-state index in [0.29, 0.717) is 18.2 Å². The van der Waals surface area contributed by atoms with Gasteiger partial charge in [0.1, 0.15) is 0 Å². The lowest BCUT2D eigenvalue weighted by atomic mass is 10.4. The molecule has 0 bridgehead atoms. The molecular weight excluding hydrogens is 212 g/mol. The van der Waals surface area contributed by atoms with Gasteiger partial charge in [0.2, 0.25) is 5.88 Å². The Bertz CT molecular complexity index is 377. The summed E-state index contributed by atoms with van der Waals surface area (Å²) < 4.78 is 5.11. The van der Waals surface area contributed by atoms with Crippen LogP contribution < -0.4 is 21.3 Å². The lowest BCUT2D eigenvalue weighted by Crippen LogP contribution is -2.39. The second kappa shape index (κ2) is 5.66. The van der Waals surface area contributed by atoms with Crippen molar-refractivity contribution in [2.24, 2.45) is 5.84 Å². The highest BCUT2D eigenvalue weighted by Gasteiger charge is 2.11. The van der Waals surface area contributed by atoms with Crippen LogP contribution in [0, 0.1) is 0 Å². The van der Waals surface area contributed by atoms with Crippen LogP contribution in [0.1, 0.15) is 6.92 Å². The molecule has 7 heteroatoms. The van der Waals surface area contributed by atoms with Crippen molar-refractivity contribution in [2.75, 3.05) is 11.9 Å². The third-order valence-corrected chi connectivity index (χ3v) is 1.62. The molecular formula is C9H12N4O3. The van der Waals surface area contributed by atoms with Gasteiger partial charge in [0, 0.05) is 6.07 Å². The molecule has 1 heterocycles. The minimum atomic E-state index is -0.922. The van der Waals surface area contributed by atoms with Crippen LogP contribution in [0.4, 0.5) is 5.69 Å². The minimum Gasteiger partial charge on any atom is -0.478 e. The molecule has 0 aliphatic rings. The molecule has 0 aliphatic heterocycles. The number of nitrogens with one attached hydrogen (secondary N) is 2. The number of rotatable bonds is 3. The van der Waals surface area contributed by atoms with Crippen molar-refractivity contribution in [3.8, 4) is 5.88 Å². The first-order valence-electron chi connectivity index (χ1n) is 4.58. The van der Waals surface area contributed by atoms with Crippen LogP contribution in [-0.4, -0.2) is 23.4 Å². The summed E-state index contributed by atoms with van der Waals surface area (Å²) in [6.45, 7) is 2.34. The third-order valence-electron chi connectivity index (χ3n) is 1.62. The van der Waals surface area contributed by atoms with Gasteiger partial charge in [-0.05, 0) is 13.0 Å². The molecule has 0 aromatic carbocycles. The smallest absolute Gasteiger partial charge is 0.323 e. The van der Waals surface area contributed by atoms with Gasteiger partial charge in [-0.2, -0.15) is 0 Å². The maximum absolute atomic E-state index is 11.1. The fourth-order valence-corrected chi connectivity index (χ4v) is 0.941. The molecule has 0 saturated carbocycles. The molecule has 0 radical (unpaired) electrons. The van der Waals surface area contributed by atoms with Gasteiger partial charge in [-0.3, -0.25) is 15.0 Å². The number of aromatic nitrogens is 1. The largest absolute Gasteiger partial charge is 0.478 e. The van der Waals surface area contributed by atoms with E-state index < -0.39 is 11.8 Å². The predicted molar refractivity (Wildman–Crippen MR) is 56.4 cm³/mol. The van der Waals surface area contributed by atoms with Crippen molar-refractivity contribution in [2.45, 2.75) is 6.92 Å². The molecule has 0 fully saturated rings. The van der Waals surface area contributed by atoms with E-state index in [9.17, 15) is 9.59 Å². The van der Waals surface area contributed by atoms with Crippen LogP contribution in [0.15, 0.2) is 18.3 Å². The summed E-state index contributed by atoms with van der Waals surface area (Å²) in [7, 11) is 0. The Hall–Kier alpha value is -2.15. The summed E-state index contributed by atoms with van der Waals surface area (Å²) in [4.78, 5) is 25.8. The van der Waals surface area contributed by atoms with E-state index in [0.717, 1.165) is 0 Å². The highest BCUT2D eigenvalue weighted by atomic mass is 16.5. The van der Waals surface area contributed by atoms with Gasteiger partial charge in [0.15, 0.2) is 0 Å². The van der Waals surface area contributed by atoms with Crippen molar-refractivity contribution in [3.05, 3.63) is 18.3 Å². The average Bonchev–Trinajstić information content (AvgIpc) is 2.31. The fraction of sp³-hybridized carbons (Fsp3) is 0.222. The van der Waals surface area contributed by atoms with E-state index in [1.165, 1.54) is 6.20 Å². The highest BCUT2D eigenvalue weighted by Crippen LogP contribution is 2.11. The summed E-state index contributed by atoms with van der Waals surface area (Å²) in [6, 6.07) is 3.15. The number of hydrogen-bond acceptors (Lipinski definition) is 5. The Balaban J connectivity index is 2.61. The maximum atomic E-state index is 11.1. The zero-order valence-corrected chi connectivity index (χ0v) is 8.69. The molecule has 1 aromatic rings. The van der Waals surface area contributed by atoms with Gasteiger partial charge >= 0.3 is 11.8 Å². The molecule has 0 saturated heterocycles. The molecule has 86 valence electrons. The fourth-order valence-electron chi connectivity index (χ4n) is 0.941. The summed E-state index contributed by atoms with van der Waals surface area (Å²) in [5, 5.41) is 2.31.